The number of anilines is 3. The Bertz CT molecular complexity index is 3920. The molecule has 0 aliphatic heterocycles. The zero-order chi connectivity index (χ0) is 44.3. The summed E-state index contributed by atoms with van der Waals surface area (Å²) in [5.74, 6) is 0. The third-order valence-electron chi connectivity index (χ3n) is 13.4. The summed E-state index contributed by atoms with van der Waals surface area (Å²) in [6.07, 6.45) is 0. The number of furan rings is 1. The van der Waals surface area contributed by atoms with Gasteiger partial charge in [-0.05, 0) is 117 Å². The van der Waals surface area contributed by atoms with Crippen LogP contribution >= 0.6 is 0 Å². The topological polar surface area (TPSA) is 21.3 Å². The molecule has 0 amide bonds. The fourth-order valence-corrected chi connectivity index (χ4v) is 10.2. The molecule has 314 valence electrons. The van der Waals surface area contributed by atoms with Gasteiger partial charge in [0.05, 0.1) is 16.7 Å². The Balaban J connectivity index is 0.933. The number of benzene rings is 11. The molecule has 0 fully saturated rings. The number of nitrogens with zero attached hydrogens (tertiary/aromatic N) is 2. The molecule has 2 aromatic heterocycles. The number of rotatable bonds is 8. The first-order chi connectivity index (χ1) is 33.2. The molecule has 67 heavy (non-hydrogen) atoms. The summed E-state index contributed by atoms with van der Waals surface area (Å²) in [7, 11) is 0. The molecule has 13 rings (SSSR count). The molecule has 0 aliphatic carbocycles. The minimum absolute atomic E-state index is 0.882. The average molecular weight is 855 g/mol. The standard InChI is InChI=1S/C64H42N2O/c1-2-15-43(16-3-1)46-19-12-20-47(39-46)44-31-35-51(36-32-44)65(60-28-9-8-25-56(60)57-26-14-27-58-59-41-49-17-4-5-18-50(49)42-63(59)67-64(57)58)52-37-33-45(34-38-52)48-21-13-22-53(40-48)66-61-29-10-6-23-54(61)55-24-7-11-30-62(55)66/h1-42H. The van der Waals surface area contributed by atoms with E-state index in [1.54, 1.807) is 0 Å². The molecule has 0 saturated carbocycles. The summed E-state index contributed by atoms with van der Waals surface area (Å²) >= 11 is 0. The molecular formula is C64H42N2O. The first-order valence-electron chi connectivity index (χ1n) is 22.9. The third kappa shape index (κ3) is 6.67. The van der Waals surface area contributed by atoms with Gasteiger partial charge in [-0.3, -0.25) is 0 Å². The minimum Gasteiger partial charge on any atom is -0.455 e. The Morgan fingerprint density at radius 1 is 0.313 bits per heavy atom. The van der Waals surface area contributed by atoms with E-state index < -0.39 is 0 Å². The van der Waals surface area contributed by atoms with Crippen molar-refractivity contribution in [1.82, 2.24) is 4.57 Å². The molecule has 0 saturated heterocycles. The summed E-state index contributed by atoms with van der Waals surface area (Å²) in [4.78, 5) is 2.38. The lowest BCUT2D eigenvalue weighted by Gasteiger charge is -2.28. The summed E-state index contributed by atoms with van der Waals surface area (Å²) in [6.45, 7) is 0. The van der Waals surface area contributed by atoms with Crippen LogP contribution in [0.1, 0.15) is 0 Å². The Kier molecular flexibility index (Phi) is 9.17. The van der Waals surface area contributed by atoms with Crippen molar-refractivity contribution in [2.24, 2.45) is 0 Å². The highest BCUT2D eigenvalue weighted by Crippen LogP contribution is 2.45. The van der Waals surface area contributed by atoms with Gasteiger partial charge in [-0.25, -0.2) is 0 Å². The molecule has 0 spiro atoms. The lowest BCUT2D eigenvalue weighted by Crippen LogP contribution is -2.11. The molecule has 3 nitrogen and oxygen atoms in total. The lowest BCUT2D eigenvalue weighted by molar-refractivity contribution is 0.670. The summed E-state index contributed by atoms with van der Waals surface area (Å²) < 4.78 is 9.21. The van der Waals surface area contributed by atoms with Gasteiger partial charge in [0.25, 0.3) is 0 Å². The largest absolute Gasteiger partial charge is 0.455 e. The van der Waals surface area contributed by atoms with Crippen molar-refractivity contribution in [2.75, 3.05) is 4.90 Å². The van der Waals surface area contributed by atoms with Crippen molar-refractivity contribution in [1.29, 1.82) is 0 Å². The quantitative estimate of drug-likeness (QED) is 0.152. The van der Waals surface area contributed by atoms with Gasteiger partial charge in [0.15, 0.2) is 0 Å². The van der Waals surface area contributed by atoms with Crippen molar-refractivity contribution in [2.45, 2.75) is 0 Å². The van der Waals surface area contributed by atoms with Crippen LogP contribution in [-0.4, -0.2) is 4.57 Å². The second-order valence-corrected chi connectivity index (χ2v) is 17.3. The SMILES string of the molecule is c1ccc(-c2cccc(-c3ccc(N(c4ccc(-c5cccc(-n6c7ccccc7c7ccccc76)c5)cc4)c4ccccc4-c4cccc5c4oc4cc6ccccc6cc45)cc3)c2)cc1. The van der Waals surface area contributed by atoms with Crippen LogP contribution in [0.2, 0.25) is 0 Å². The highest BCUT2D eigenvalue weighted by Gasteiger charge is 2.21. The van der Waals surface area contributed by atoms with Crippen LogP contribution < -0.4 is 4.90 Å². The second kappa shape index (κ2) is 16.0. The van der Waals surface area contributed by atoms with E-state index in [-0.39, 0.29) is 0 Å². The Morgan fingerprint density at radius 2 is 0.806 bits per heavy atom. The Labute approximate surface area is 388 Å². The Morgan fingerprint density at radius 3 is 1.49 bits per heavy atom. The molecule has 0 aliphatic rings. The van der Waals surface area contributed by atoms with E-state index in [9.17, 15) is 0 Å². The van der Waals surface area contributed by atoms with Crippen molar-refractivity contribution >= 4 is 71.6 Å². The second-order valence-electron chi connectivity index (χ2n) is 17.3. The minimum atomic E-state index is 0.882. The van der Waals surface area contributed by atoms with Gasteiger partial charge in [0.2, 0.25) is 0 Å². The summed E-state index contributed by atoms with van der Waals surface area (Å²) in [5.41, 5.74) is 17.6. The molecule has 0 N–H and O–H groups in total. The van der Waals surface area contributed by atoms with Crippen LogP contribution in [0.5, 0.6) is 0 Å². The van der Waals surface area contributed by atoms with Crippen molar-refractivity contribution in [3.63, 3.8) is 0 Å². The molecular weight excluding hydrogens is 813 g/mol. The molecule has 0 atom stereocenters. The van der Waals surface area contributed by atoms with E-state index >= 15 is 0 Å². The van der Waals surface area contributed by atoms with Gasteiger partial charge in [0, 0.05) is 49.7 Å². The molecule has 11 aromatic carbocycles. The number of aromatic nitrogens is 1. The van der Waals surface area contributed by atoms with Crippen LogP contribution in [0.3, 0.4) is 0 Å². The molecule has 3 heteroatoms. The van der Waals surface area contributed by atoms with Gasteiger partial charge in [-0.1, -0.05) is 182 Å². The molecule has 2 heterocycles. The van der Waals surface area contributed by atoms with Crippen molar-refractivity contribution in [3.8, 4) is 50.2 Å². The van der Waals surface area contributed by atoms with E-state index in [1.165, 1.54) is 49.3 Å². The smallest absolute Gasteiger partial charge is 0.143 e. The number of para-hydroxylation sites is 4. The molecule has 0 unspecified atom stereocenters. The molecule has 0 bridgehead atoms. The monoisotopic (exact) mass is 854 g/mol. The zero-order valence-electron chi connectivity index (χ0n) is 36.6. The summed E-state index contributed by atoms with van der Waals surface area (Å²) in [5, 5.41) is 7.11. The number of hydrogen-bond donors (Lipinski definition) is 0. The maximum absolute atomic E-state index is 6.83. The molecule has 13 aromatic rings. The molecule has 0 radical (unpaired) electrons. The van der Waals surface area contributed by atoms with Gasteiger partial charge in [-0.2, -0.15) is 0 Å². The normalized spacial score (nSPS) is 11.6. The number of fused-ring (bicyclic) bond motifs is 7. The highest BCUT2D eigenvalue weighted by molar-refractivity contribution is 6.14. The van der Waals surface area contributed by atoms with Crippen molar-refractivity contribution in [3.05, 3.63) is 255 Å². The van der Waals surface area contributed by atoms with E-state index in [1.807, 2.05) is 0 Å². The van der Waals surface area contributed by atoms with Gasteiger partial charge >= 0.3 is 0 Å². The number of hydrogen-bond acceptors (Lipinski definition) is 2. The fraction of sp³-hybridized carbons (Fsp3) is 0. The maximum atomic E-state index is 6.83. The fourth-order valence-electron chi connectivity index (χ4n) is 10.2. The highest BCUT2D eigenvalue weighted by atomic mass is 16.3. The van der Waals surface area contributed by atoms with Crippen molar-refractivity contribution < 1.29 is 4.42 Å². The van der Waals surface area contributed by atoms with Crippen LogP contribution in [0, 0.1) is 0 Å². The van der Waals surface area contributed by atoms with E-state index in [4.69, 9.17) is 4.42 Å². The van der Waals surface area contributed by atoms with Crippen LogP contribution in [-0.2, 0) is 0 Å². The van der Waals surface area contributed by atoms with Gasteiger partial charge < -0.3 is 13.9 Å². The average Bonchev–Trinajstić information content (AvgIpc) is 3.94. The third-order valence-corrected chi connectivity index (χ3v) is 13.4. The summed E-state index contributed by atoms with van der Waals surface area (Å²) in [6, 6.07) is 91.8. The van der Waals surface area contributed by atoms with Crippen LogP contribution in [0.15, 0.2) is 259 Å². The predicted molar refractivity (Wildman–Crippen MR) is 282 cm³/mol. The van der Waals surface area contributed by atoms with Crippen LogP contribution in [0.25, 0.3) is 105 Å². The maximum Gasteiger partial charge on any atom is 0.143 e. The first kappa shape index (κ1) is 38.5. The van der Waals surface area contributed by atoms with E-state index in [0.717, 1.165) is 72.5 Å². The van der Waals surface area contributed by atoms with E-state index in [0.29, 0.717) is 0 Å². The Hall–Kier alpha value is -8.92. The van der Waals surface area contributed by atoms with Gasteiger partial charge in [0.1, 0.15) is 11.2 Å². The zero-order valence-corrected chi connectivity index (χ0v) is 36.6. The van der Waals surface area contributed by atoms with Crippen LogP contribution in [0.4, 0.5) is 17.1 Å². The lowest BCUT2D eigenvalue weighted by atomic mass is 9.97. The first-order valence-corrected chi connectivity index (χ1v) is 22.9. The van der Waals surface area contributed by atoms with Gasteiger partial charge in [-0.15, -0.1) is 0 Å². The van der Waals surface area contributed by atoms with E-state index in [2.05, 4.69) is 264 Å². The predicted octanol–water partition coefficient (Wildman–Crippen LogP) is 18.0.